The third-order valence-corrected chi connectivity index (χ3v) is 2.57. The molecule has 1 atom stereocenters. The number of aliphatic hydroxyl groups is 1. The van der Waals surface area contributed by atoms with Crippen LogP contribution in [0.1, 0.15) is 19.3 Å². The molecule has 5 nitrogen and oxygen atoms in total. The Morgan fingerprint density at radius 1 is 1.71 bits per heavy atom. The summed E-state index contributed by atoms with van der Waals surface area (Å²) in [4.78, 5) is 11.4. The lowest BCUT2D eigenvalue weighted by Crippen LogP contribution is -2.42. The molecule has 1 unspecified atom stereocenters. The fourth-order valence-electron chi connectivity index (χ4n) is 1.29. The Morgan fingerprint density at radius 3 is 2.71 bits per heavy atom. The van der Waals surface area contributed by atoms with Gasteiger partial charge in [-0.05, 0) is 12.8 Å². The van der Waals surface area contributed by atoms with Crippen molar-refractivity contribution < 1.29 is 14.6 Å². The maximum absolute atomic E-state index is 11.4. The van der Waals surface area contributed by atoms with E-state index < -0.39 is 0 Å². The van der Waals surface area contributed by atoms with E-state index in [1.807, 2.05) is 0 Å². The van der Waals surface area contributed by atoms with Gasteiger partial charge in [0, 0.05) is 13.7 Å². The number of amides is 1. The number of nitrogens with one attached hydrogen (secondary N) is 1. The first-order chi connectivity index (χ1) is 6.65. The number of rotatable bonds is 6. The van der Waals surface area contributed by atoms with E-state index in [0.717, 1.165) is 12.8 Å². The maximum atomic E-state index is 11.4. The van der Waals surface area contributed by atoms with Gasteiger partial charge in [0.15, 0.2) is 0 Å². The first kappa shape index (κ1) is 11.4. The lowest BCUT2D eigenvalue weighted by molar-refractivity contribution is -0.124. The number of ether oxygens (including phenoxy) is 1. The molecule has 0 heterocycles. The van der Waals surface area contributed by atoms with Gasteiger partial charge >= 0.3 is 0 Å². The minimum Gasteiger partial charge on any atom is -0.394 e. The summed E-state index contributed by atoms with van der Waals surface area (Å²) >= 11 is 0. The zero-order valence-corrected chi connectivity index (χ0v) is 8.45. The number of hydrogen-bond acceptors (Lipinski definition) is 4. The van der Waals surface area contributed by atoms with E-state index >= 15 is 0 Å². The number of carbonyl (C=O) groups is 1. The van der Waals surface area contributed by atoms with E-state index in [1.165, 1.54) is 7.11 Å². The second-order valence-electron chi connectivity index (χ2n) is 3.78. The minimum absolute atomic E-state index is 0.0129. The van der Waals surface area contributed by atoms with Gasteiger partial charge in [-0.15, -0.1) is 0 Å². The minimum atomic E-state index is -0.343. The Morgan fingerprint density at radius 2 is 2.36 bits per heavy atom. The van der Waals surface area contributed by atoms with E-state index in [4.69, 9.17) is 15.6 Å². The second kappa shape index (κ2) is 4.72. The second-order valence-corrected chi connectivity index (χ2v) is 3.78. The van der Waals surface area contributed by atoms with Crippen molar-refractivity contribution in [1.82, 2.24) is 5.32 Å². The molecule has 0 aromatic carbocycles. The first-order valence-corrected chi connectivity index (χ1v) is 4.80. The van der Waals surface area contributed by atoms with Gasteiger partial charge in [-0.3, -0.25) is 4.79 Å². The topological polar surface area (TPSA) is 84.6 Å². The molecule has 1 aliphatic carbocycles. The van der Waals surface area contributed by atoms with E-state index in [9.17, 15) is 4.79 Å². The van der Waals surface area contributed by atoms with Crippen LogP contribution < -0.4 is 11.1 Å². The molecule has 1 saturated carbocycles. The van der Waals surface area contributed by atoms with Crippen LogP contribution in [0.3, 0.4) is 0 Å². The summed E-state index contributed by atoms with van der Waals surface area (Å²) < 4.78 is 4.99. The average Bonchev–Trinajstić information content (AvgIpc) is 2.95. The van der Waals surface area contributed by atoms with Gasteiger partial charge in [0.1, 0.15) is 0 Å². The normalized spacial score (nSPS) is 20.2. The van der Waals surface area contributed by atoms with Crippen LogP contribution in [0.4, 0.5) is 0 Å². The predicted molar refractivity (Wildman–Crippen MR) is 51.7 cm³/mol. The number of aliphatic hydroxyl groups excluding tert-OH is 1. The van der Waals surface area contributed by atoms with Crippen molar-refractivity contribution in [1.29, 1.82) is 0 Å². The molecule has 1 aliphatic rings. The molecule has 0 aromatic heterocycles. The molecule has 0 aromatic rings. The van der Waals surface area contributed by atoms with Crippen LogP contribution in [0.2, 0.25) is 0 Å². The van der Waals surface area contributed by atoms with Gasteiger partial charge in [0.2, 0.25) is 5.91 Å². The molecule has 1 rings (SSSR count). The third kappa shape index (κ3) is 2.94. The number of methoxy groups -OCH3 is 1. The molecular formula is C9H18N2O3. The van der Waals surface area contributed by atoms with E-state index in [0.29, 0.717) is 6.54 Å². The van der Waals surface area contributed by atoms with Gasteiger partial charge in [0.05, 0.1) is 24.7 Å². The lowest BCUT2D eigenvalue weighted by Gasteiger charge is -2.17. The van der Waals surface area contributed by atoms with Crippen molar-refractivity contribution in [3.05, 3.63) is 0 Å². The van der Waals surface area contributed by atoms with Crippen LogP contribution in [0.25, 0.3) is 0 Å². The monoisotopic (exact) mass is 202 g/mol. The van der Waals surface area contributed by atoms with Gasteiger partial charge in [-0.25, -0.2) is 0 Å². The Kier molecular flexibility index (Phi) is 3.86. The van der Waals surface area contributed by atoms with Crippen LogP contribution >= 0.6 is 0 Å². The van der Waals surface area contributed by atoms with E-state index in [1.54, 1.807) is 0 Å². The number of hydrogen-bond donors (Lipinski definition) is 3. The molecule has 0 bridgehead atoms. The number of nitrogens with two attached hydrogens (primary N) is 1. The third-order valence-electron chi connectivity index (χ3n) is 2.57. The fraction of sp³-hybridized carbons (Fsp3) is 0.889. The molecule has 5 heteroatoms. The largest absolute Gasteiger partial charge is 0.394 e. The predicted octanol–water partition coefficient (Wildman–Crippen LogP) is -1.01. The maximum Gasteiger partial charge on any atom is 0.223 e. The van der Waals surface area contributed by atoms with Crippen molar-refractivity contribution in [2.45, 2.75) is 30.9 Å². The van der Waals surface area contributed by atoms with Crippen molar-refractivity contribution in [2.24, 2.45) is 5.73 Å². The summed E-state index contributed by atoms with van der Waals surface area (Å²) in [5.74, 6) is -0.103. The molecule has 14 heavy (non-hydrogen) atoms. The standard InChI is InChI=1S/C9H18N2O3/c1-14-7(5-10)4-8(13)11-9(6-12)2-3-9/h7,12H,2-6,10H2,1H3,(H,11,13). The summed E-state index contributed by atoms with van der Waals surface area (Å²) in [5.41, 5.74) is 5.05. The molecule has 1 fully saturated rings. The average molecular weight is 202 g/mol. The van der Waals surface area contributed by atoms with Crippen LogP contribution in [0.15, 0.2) is 0 Å². The van der Waals surface area contributed by atoms with Gasteiger partial charge in [0.25, 0.3) is 0 Å². The smallest absolute Gasteiger partial charge is 0.223 e. The van der Waals surface area contributed by atoms with Gasteiger partial charge in [-0.2, -0.15) is 0 Å². The van der Waals surface area contributed by atoms with Crippen LogP contribution in [0, 0.1) is 0 Å². The molecule has 0 radical (unpaired) electrons. The Hall–Kier alpha value is -0.650. The summed E-state index contributed by atoms with van der Waals surface area (Å²) in [6, 6.07) is 0. The SMILES string of the molecule is COC(CN)CC(=O)NC1(CO)CC1. The van der Waals surface area contributed by atoms with Gasteiger partial charge < -0.3 is 20.9 Å². The first-order valence-electron chi connectivity index (χ1n) is 4.80. The van der Waals surface area contributed by atoms with Crippen LogP contribution in [0.5, 0.6) is 0 Å². The Labute approximate surface area is 83.6 Å². The summed E-state index contributed by atoms with van der Waals surface area (Å²) in [6.07, 6.45) is 1.74. The highest BCUT2D eigenvalue weighted by atomic mass is 16.5. The van der Waals surface area contributed by atoms with Crippen LogP contribution in [-0.2, 0) is 9.53 Å². The van der Waals surface area contributed by atoms with Crippen molar-refractivity contribution >= 4 is 5.91 Å². The highest BCUT2D eigenvalue weighted by molar-refractivity contribution is 5.77. The van der Waals surface area contributed by atoms with Gasteiger partial charge in [-0.1, -0.05) is 0 Å². The summed E-state index contributed by atoms with van der Waals surface area (Å²) in [7, 11) is 1.53. The quantitative estimate of drug-likeness (QED) is 0.515. The zero-order chi connectivity index (χ0) is 10.6. The van der Waals surface area contributed by atoms with Crippen LogP contribution in [-0.4, -0.2) is 42.9 Å². The molecule has 0 saturated heterocycles. The van der Waals surface area contributed by atoms with Crippen molar-refractivity contribution in [3.63, 3.8) is 0 Å². The highest BCUT2D eigenvalue weighted by Crippen LogP contribution is 2.34. The lowest BCUT2D eigenvalue weighted by atomic mass is 10.2. The molecular weight excluding hydrogens is 184 g/mol. The molecule has 82 valence electrons. The summed E-state index contributed by atoms with van der Waals surface area (Å²) in [5, 5.41) is 11.8. The molecule has 4 N–H and O–H groups in total. The molecule has 0 aliphatic heterocycles. The number of carbonyl (C=O) groups excluding carboxylic acids is 1. The van der Waals surface area contributed by atoms with Crippen molar-refractivity contribution in [3.8, 4) is 0 Å². The fourth-order valence-corrected chi connectivity index (χ4v) is 1.29. The molecule has 0 spiro atoms. The van der Waals surface area contributed by atoms with E-state index in [-0.39, 0.29) is 30.6 Å². The molecule has 1 amide bonds. The summed E-state index contributed by atoms with van der Waals surface area (Å²) in [6.45, 7) is 0.342. The van der Waals surface area contributed by atoms with Crippen molar-refractivity contribution in [2.75, 3.05) is 20.3 Å². The highest BCUT2D eigenvalue weighted by Gasteiger charge is 2.43. The Balaban J connectivity index is 2.28. The Bertz CT molecular complexity index is 200. The zero-order valence-electron chi connectivity index (χ0n) is 8.45. The van der Waals surface area contributed by atoms with E-state index in [2.05, 4.69) is 5.32 Å².